The molecule has 0 aliphatic heterocycles. The van der Waals surface area contributed by atoms with Gasteiger partial charge in [0.1, 0.15) is 0 Å². The van der Waals surface area contributed by atoms with Crippen molar-refractivity contribution in [2.24, 2.45) is 5.73 Å². The Kier molecular flexibility index (Phi) is 7.16. The first-order valence-electron chi connectivity index (χ1n) is 7.54. The van der Waals surface area contributed by atoms with E-state index in [0.29, 0.717) is 17.1 Å². The molecule has 0 spiro atoms. The first-order chi connectivity index (χ1) is 9.47. The van der Waals surface area contributed by atoms with E-state index in [2.05, 4.69) is 49.5 Å². The monoisotopic (exact) mass is 296 g/mol. The lowest BCUT2D eigenvalue weighted by atomic mass is 10.2. The van der Waals surface area contributed by atoms with Crippen molar-refractivity contribution in [2.75, 3.05) is 6.54 Å². The summed E-state index contributed by atoms with van der Waals surface area (Å²) in [7, 11) is 0. The largest absolute Gasteiger partial charge is 0.393 e. The van der Waals surface area contributed by atoms with Crippen molar-refractivity contribution in [3.63, 3.8) is 0 Å². The number of hydrogen-bond donors (Lipinski definition) is 1. The summed E-state index contributed by atoms with van der Waals surface area (Å²) in [6, 6.07) is 3.09. The number of rotatable bonds is 9. The topological polar surface area (TPSA) is 47.1 Å². The molecule has 1 heterocycles. The normalized spacial score (nSPS) is 11.8. The third kappa shape index (κ3) is 5.21. The van der Waals surface area contributed by atoms with Gasteiger partial charge < -0.3 is 5.73 Å². The molecule has 4 nitrogen and oxygen atoms in total. The Morgan fingerprint density at radius 3 is 2.55 bits per heavy atom. The van der Waals surface area contributed by atoms with Gasteiger partial charge in [0, 0.05) is 31.7 Å². The smallest absolute Gasteiger partial charge is 0.0764 e. The highest BCUT2D eigenvalue weighted by Crippen LogP contribution is 2.15. The van der Waals surface area contributed by atoms with Crippen LogP contribution < -0.4 is 5.73 Å². The first kappa shape index (κ1) is 17.1. The Hall–Kier alpha value is -0.940. The van der Waals surface area contributed by atoms with Gasteiger partial charge in [0.05, 0.1) is 16.7 Å². The molecular formula is C15H28N4S. The Morgan fingerprint density at radius 2 is 2.05 bits per heavy atom. The minimum absolute atomic E-state index is 0.461. The molecule has 0 bridgehead atoms. The van der Waals surface area contributed by atoms with E-state index in [1.54, 1.807) is 0 Å². The van der Waals surface area contributed by atoms with E-state index >= 15 is 0 Å². The predicted octanol–water partition coefficient (Wildman–Crippen LogP) is 3.13. The first-order valence-corrected chi connectivity index (χ1v) is 7.95. The fraction of sp³-hybridized carbons (Fsp3) is 0.733. The number of hydrogen-bond acceptors (Lipinski definition) is 3. The second kappa shape index (κ2) is 8.37. The number of nitrogens with two attached hydrogens (primary N) is 1. The standard InChI is InChI=1S/C15H28N4S/c1-5-14(6-2)19-10-7-13(17-19)11-18(12(3)4)9-8-15(16)20/h7,10,12,14H,5-6,8-9,11H2,1-4H3,(H2,16,20). The molecule has 1 rings (SSSR count). The fourth-order valence-electron chi connectivity index (χ4n) is 2.31. The lowest BCUT2D eigenvalue weighted by Crippen LogP contribution is -2.33. The average molecular weight is 296 g/mol. The Morgan fingerprint density at radius 1 is 1.40 bits per heavy atom. The maximum absolute atomic E-state index is 5.60. The zero-order chi connectivity index (χ0) is 15.1. The quantitative estimate of drug-likeness (QED) is 0.711. The molecule has 0 fully saturated rings. The van der Waals surface area contributed by atoms with Crippen LogP contribution in [0.1, 0.15) is 58.7 Å². The van der Waals surface area contributed by atoms with Gasteiger partial charge in [-0.25, -0.2) is 0 Å². The summed E-state index contributed by atoms with van der Waals surface area (Å²) in [6.45, 7) is 10.5. The molecule has 114 valence electrons. The van der Waals surface area contributed by atoms with Gasteiger partial charge in [-0.15, -0.1) is 0 Å². The van der Waals surface area contributed by atoms with Gasteiger partial charge in [0.2, 0.25) is 0 Å². The van der Waals surface area contributed by atoms with E-state index in [0.717, 1.165) is 38.0 Å². The van der Waals surface area contributed by atoms with Gasteiger partial charge >= 0.3 is 0 Å². The molecule has 0 aliphatic rings. The fourth-order valence-corrected chi connectivity index (χ4v) is 2.40. The van der Waals surface area contributed by atoms with Crippen LogP contribution in [0.15, 0.2) is 12.3 Å². The maximum atomic E-state index is 5.60. The van der Waals surface area contributed by atoms with Crippen LogP contribution in [0.5, 0.6) is 0 Å². The zero-order valence-corrected chi connectivity index (χ0v) is 14.0. The molecule has 0 saturated carbocycles. The molecule has 2 N–H and O–H groups in total. The summed E-state index contributed by atoms with van der Waals surface area (Å²) in [6.07, 6.45) is 5.10. The molecule has 0 amide bonds. The molecule has 20 heavy (non-hydrogen) atoms. The Labute approximate surface area is 128 Å². The third-order valence-electron chi connectivity index (χ3n) is 3.72. The summed E-state index contributed by atoms with van der Waals surface area (Å²) in [4.78, 5) is 2.94. The molecule has 5 heteroatoms. The molecule has 0 aromatic carbocycles. The van der Waals surface area contributed by atoms with E-state index in [1.807, 2.05) is 0 Å². The van der Waals surface area contributed by atoms with Crippen LogP contribution in [0.2, 0.25) is 0 Å². The van der Waals surface area contributed by atoms with Crippen molar-refractivity contribution >= 4 is 17.2 Å². The van der Waals surface area contributed by atoms with Crippen molar-refractivity contribution in [2.45, 2.75) is 65.6 Å². The van der Waals surface area contributed by atoms with Gasteiger partial charge in [0.25, 0.3) is 0 Å². The summed E-state index contributed by atoms with van der Waals surface area (Å²) >= 11 is 4.97. The summed E-state index contributed by atoms with van der Waals surface area (Å²) in [5, 5.41) is 4.71. The molecule has 0 saturated heterocycles. The van der Waals surface area contributed by atoms with Gasteiger partial charge in [0.15, 0.2) is 0 Å². The van der Waals surface area contributed by atoms with Crippen LogP contribution in [0, 0.1) is 0 Å². The van der Waals surface area contributed by atoms with E-state index in [-0.39, 0.29) is 0 Å². The summed E-state index contributed by atoms with van der Waals surface area (Å²) in [5.74, 6) is 0. The lowest BCUT2D eigenvalue weighted by Gasteiger charge is -2.25. The van der Waals surface area contributed by atoms with Gasteiger partial charge in [-0.3, -0.25) is 9.58 Å². The Bertz CT molecular complexity index is 410. The van der Waals surface area contributed by atoms with Crippen LogP contribution in [0.4, 0.5) is 0 Å². The summed E-state index contributed by atoms with van der Waals surface area (Å²) < 4.78 is 2.10. The average Bonchev–Trinajstić information content (AvgIpc) is 2.84. The highest BCUT2D eigenvalue weighted by Gasteiger charge is 2.13. The number of nitrogens with zero attached hydrogens (tertiary/aromatic N) is 3. The molecule has 1 aromatic heterocycles. The molecule has 0 radical (unpaired) electrons. The van der Waals surface area contributed by atoms with Crippen molar-refractivity contribution in [3.8, 4) is 0 Å². The van der Waals surface area contributed by atoms with Crippen molar-refractivity contribution in [3.05, 3.63) is 18.0 Å². The number of thiocarbonyl (C=S) groups is 1. The van der Waals surface area contributed by atoms with Crippen molar-refractivity contribution < 1.29 is 0 Å². The molecule has 0 aliphatic carbocycles. The molecule has 0 unspecified atom stereocenters. The third-order valence-corrected chi connectivity index (χ3v) is 3.93. The van der Waals surface area contributed by atoms with Crippen LogP contribution in [-0.2, 0) is 6.54 Å². The lowest BCUT2D eigenvalue weighted by molar-refractivity contribution is 0.215. The second-order valence-electron chi connectivity index (χ2n) is 5.54. The minimum Gasteiger partial charge on any atom is -0.393 e. The molecule has 1 aromatic rings. The second-order valence-corrected chi connectivity index (χ2v) is 6.06. The van der Waals surface area contributed by atoms with Crippen LogP contribution in [0.3, 0.4) is 0 Å². The van der Waals surface area contributed by atoms with Crippen LogP contribution in [0.25, 0.3) is 0 Å². The van der Waals surface area contributed by atoms with E-state index < -0.39 is 0 Å². The number of aromatic nitrogens is 2. The van der Waals surface area contributed by atoms with Gasteiger partial charge in [-0.1, -0.05) is 26.1 Å². The zero-order valence-electron chi connectivity index (χ0n) is 13.2. The van der Waals surface area contributed by atoms with Crippen LogP contribution in [-0.4, -0.2) is 32.3 Å². The Balaban J connectivity index is 2.66. The van der Waals surface area contributed by atoms with Crippen LogP contribution >= 0.6 is 12.2 Å². The summed E-state index contributed by atoms with van der Waals surface area (Å²) in [5.41, 5.74) is 6.72. The SMILES string of the molecule is CCC(CC)n1ccc(CN(CCC(N)=S)C(C)C)n1. The maximum Gasteiger partial charge on any atom is 0.0764 e. The predicted molar refractivity (Wildman–Crippen MR) is 88.8 cm³/mol. The molecular weight excluding hydrogens is 268 g/mol. The van der Waals surface area contributed by atoms with Crippen molar-refractivity contribution in [1.29, 1.82) is 0 Å². The van der Waals surface area contributed by atoms with Gasteiger partial charge in [-0.05, 0) is 32.8 Å². The van der Waals surface area contributed by atoms with E-state index in [1.165, 1.54) is 0 Å². The van der Waals surface area contributed by atoms with Gasteiger partial charge in [-0.2, -0.15) is 5.10 Å². The highest BCUT2D eigenvalue weighted by molar-refractivity contribution is 7.80. The highest BCUT2D eigenvalue weighted by atomic mass is 32.1. The van der Waals surface area contributed by atoms with Crippen molar-refractivity contribution in [1.82, 2.24) is 14.7 Å². The van der Waals surface area contributed by atoms with E-state index in [4.69, 9.17) is 23.1 Å². The molecule has 0 atom stereocenters. The van der Waals surface area contributed by atoms with E-state index in [9.17, 15) is 0 Å². The minimum atomic E-state index is 0.461.